The largest absolute Gasteiger partial charge is 4.00 e. The van der Waals surface area contributed by atoms with Crippen LogP contribution in [0.5, 0.6) is 0 Å². The molecule has 0 bridgehead atoms. The van der Waals surface area contributed by atoms with Crippen molar-refractivity contribution in [1.82, 2.24) is 0 Å². The molecular formula is Ce2Ir2O7. The van der Waals surface area contributed by atoms with Gasteiger partial charge in [0.05, 0.1) is 0 Å². The molecule has 11 heteroatoms. The number of hydrogen-bond acceptors (Lipinski definition) is 0. The minimum atomic E-state index is 0. The molecule has 0 aliphatic heterocycles. The maximum Gasteiger partial charge on any atom is 4.00 e. The summed E-state index contributed by atoms with van der Waals surface area (Å²) in [6, 6.07) is 0. The summed E-state index contributed by atoms with van der Waals surface area (Å²) in [6.07, 6.45) is 0. The average molecular weight is 777 g/mol. The summed E-state index contributed by atoms with van der Waals surface area (Å²) in [6.45, 7) is 0. The molecule has 0 saturated heterocycles. The molecule has 0 aromatic rings. The Hall–Kier alpha value is 3.77. The van der Waals surface area contributed by atoms with Crippen LogP contribution in [-0.4, -0.2) is 0 Å². The summed E-state index contributed by atoms with van der Waals surface area (Å²) in [4.78, 5) is 0. The first kappa shape index (κ1) is 197. The molecule has 0 aliphatic carbocycles. The molecule has 0 amide bonds. The molecular weight excluding hydrogens is 777 g/mol. The first-order valence-corrected chi connectivity index (χ1v) is 0. The maximum absolute atomic E-state index is 0. The molecule has 0 heterocycles. The van der Waals surface area contributed by atoms with Gasteiger partial charge in [-0.2, -0.15) is 0 Å². The second-order valence-electron chi connectivity index (χ2n) is 0. The minimum absolute atomic E-state index is 0. The van der Waals surface area contributed by atoms with E-state index < -0.39 is 0 Å². The summed E-state index contributed by atoms with van der Waals surface area (Å²) in [7, 11) is 0. The second kappa shape index (κ2) is 158. The van der Waals surface area contributed by atoms with Crippen LogP contribution in [-0.2, 0) is 78.5 Å². The van der Waals surface area contributed by atoms with Crippen molar-refractivity contribution in [3.8, 4) is 0 Å². The molecule has 68 valence electrons. The van der Waals surface area contributed by atoms with Crippen molar-refractivity contribution in [1.29, 1.82) is 0 Å². The molecule has 0 N–H and O–H groups in total. The first-order valence-electron chi connectivity index (χ1n) is 0. The van der Waals surface area contributed by atoms with Gasteiger partial charge in [-0.05, 0) is 0 Å². The van der Waals surface area contributed by atoms with Crippen LogP contribution >= 0.6 is 0 Å². The molecule has 11 heavy (non-hydrogen) atoms. The SMILES string of the molecule is [Ce+3].[Ce+3].[Ir+4].[Ir+4].[O-2].[O-2].[O-2].[O-2].[O-2].[O-2].[O-2]. The summed E-state index contributed by atoms with van der Waals surface area (Å²) in [5.41, 5.74) is 0. The van der Waals surface area contributed by atoms with Gasteiger partial charge in [0.2, 0.25) is 0 Å². The van der Waals surface area contributed by atoms with Gasteiger partial charge in [0.15, 0.2) is 0 Å². The molecule has 7 nitrogen and oxygen atoms in total. The van der Waals surface area contributed by atoms with E-state index in [0.717, 1.165) is 0 Å². The third kappa shape index (κ3) is 134. The van der Waals surface area contributed by atoms with Gasteiger partial charge in [-0.1, -0.05) is 0 Å². The van der Waals surface area contributed by atoms with Gasteiger partial charge >= 0.3 is 124 Å². The van der Waals surface area contributed by atoms with Gasteiger partial charge < -0.3 is 38.3 Å². The van der Waals surface area contributed by atoms with Gasteiger partial charge in [-0.3, -0.25) is 0 Å². The summed E-state index contributed by atoms with van der Waals surface area (Å²) in [5.74, 6) is 0. The van der Waals surface area contributed by atoms with Gasteiger partial charge in [0.1, 0.15) is 0 Å². The topological polar surface area (TPSA) is 200 Å². The predicted molar refractivity (Wildman–Crippen MR) is 4.81 cm³/mol. The third-order valence-electron chi connectivity index (χ3n) is 0. The van der Waals surface area contributed by atoms with E-state index in [-0.39, 0.29) is 162 Å². The van der Waals surface area contributed by atoms with Crippen LogP contribution in [0.15, 0.2) is 0 Å². The van der Waals surface area contributed by atoms with Crippen molar-refractivity contribution in [2.75, 3.05) is 0 Å². The van der Waals surface area contributed by atoms with Crippen LogP contribution in [0.4, 0.5) is 0 Å². The van der Waals surface area contributed by atoms with E-state index in [1.165, 1.54) is 0 Å². The molecule has 4 radical (unpaired) electrons. The zero-order valence-electron chi connectivity index (χ0n) is 4.52. The van der Waals surface area contributed by atoms with E-state index in [2.05, 4.69) is 0 Å². The van der Waals surface area contributed by atoms with Crippen molar-refractivity contribution < 1.29 is 162 Å². The van der Waals surface area contributed by atoms with Crippen molar-refractivity contribution in [2.45, 2.75) is 0 Å². The van der Waals surface area contributed by atoms with Crippen LogP contribution in [0, 0.1) is 83.5 Å². The fourth-order valence-electron chi connectivity index (χ4n) is 0. The molecule has 0 aromatic carbocycles. The molecule has 0 aliphatic rings. The maximum atomic E-state index is 0. The van der Waals surface area contributed by atoms with Gasteiger partial charge in [-0.15, -0.1) is 0 Å². The van der Waals surface area contributed by atoms with E-state index in [0.29, 0.717) is 0 Å². The normalized spacial score (nSPS) is 0. The van der Waals surface area contributed by atoms with Crippen molar-refractivity contribution >= 4 is 0 Å². The van der Waals surface area contributed by atoms with Gasteiger partial charge in [-0.25, -0.2) is 0 Å². The summed E-state index contributed by atoms with van der Waals surface area (Å²) in [5, 5.41) is 0. The fourth-order valence-corrected chi connectivity index (χ4v) is 0. The van der Waals surface area contributed by atoms with E-state index in [1.54, 1.807) is 0 Å². The third-order valence-corrected chi connectivity index (χ3v) is 0. The number of rotatable bonds is 0. The van der Waals surface area contributed by atoms with Crippen LogP contribution in [0.1, 0.15) is 0 Å². The Morgan fingerprint density at radius 2 is 0.273 bits per heavy atom. The van der Waals surface area contributed by atoms with E-state index in [4.69, 9.17) is 0 Å². The monoisotopic (exact) mass is 778 g/mol. The smallest absolute Gasteiger partial charge is 2.00 e. The Bertz CT molecular complexity index is 14.4. The minimum Gasteiger partial charge on any atom is -2.00 e. The van der Waals surface area contributed by atoms with E-state index in [9.17, 15) is 0 Å². The molecule has 0 atom stereocenters. The van der Waals surface area contributed by atoms with Crippen LogP contribution < -0.4 is 0 Å². The first-order chi connectivity index (χ1) is 0. The van der Waals surface area contributed by atoms with Crippen LogP contribution in [0.3, 0.4) is 0 Å². The molecule has 0 unspecified atom stereocenters. The van der Waals surface area contributed by atoms with E-state index >= 15 is 0 Å². The Morgan fingerprint density at radius 3 is 0.273 bits per heavy atom. The predicted octanol–water partition coefficient (Wildman–Crippen LogP) is -0.837. The Kier molecular flexibility index (Phi) is 2830. The number of hydrogen-bond donors (Lipinski definition) is 0. The molecule has 0 rings (SSSR count). The van der Waals surface area contributed by atoms with Crippen molar-refractivity contribution in [2.24, 2.45) is 0 Å². The zero-order valence-corrected chi connectivity index (χ0v) is 15.6. The average Bonchev–Trinajstić information content (AvgIpc) is 0. The van der Waals surface area contributed by atoms with Crippen LogP contribution in [0.2, 0.25) is 0 Å². The Balaban J connectivity index is 0. The fraction of sp³-hybridized carbons (Fsp3) is 0. The summed E-state index contributed by atoms with van der Waals surface area (Å²) < 4.78 is 0. The van der Waals surface area contributed by atoms with Crippen molar-refractivity contribution in [3.63, 3.8) is 0 Å². The second-order valence-corrected chi connectivity index (χ2v) is 0. The molecule has 0 spiro atoms. The van der Waals surface area contributed by atoms with Crippen LogP contribution in [0.25, 0.3) is 0 Å². The standard InChI is InChI=1S/2Ce.2Ir.7O/q2*+3;2*+4;7*-2. The molecule has 0 saturated carbocycles. The Labute approximate surface area is 158 Å². The van der Waals surface area contributed by atoms with E-state index in [1.807, 2.05) is 0 Å². The summed E-state index contributed by atoms with van der Waals surface area (Å²) >= 11 is 0. The quantitative estimate of drug-likeness (QED) is 0.296. The molecule has 0 fully saturated rings. The zero-order chi connectivity index (χ0) is 0. The van der Waals surface area contributed by atoms with Crippen molar-refractivity contribution in [3.05, 3.63) is 0 Å². The molecule has 0 aromatic heterocycles. The Morgan fingerprint density at radius 1 is 0.273 bits per heavy atom. The van der Waals surface area contributed by atoms with Gasteiger partial charge in [0, 0.05) is 0 Å². The van der Waals surface area contributed by atoms with Gasteiger partial charge in [0.25, 0.3) is 0 Å².